The normalized spacial score (nSPS) is 25.0. The Hall–Kier alpha value is -0.0800. The lowest BCUT2D eigenvalue weighted by Gasteiger charge is -2.24. The minimum atomic E-state index is 0.688. The van der Waals surface area contributed by atoms with Crippen LogP contribution in [0.2, 0.25) is 0 Å². The van der Waals surface area contributed by atoms with Gasteiger partial charge in [-0.15, -0.1) is 0 Å². The van der Waals surface area contributed by atoms with Crippen LogP contribution in [0, 0.1) is 5.92 Å². The van der Waals surface area contributed by atoms with Gasteiger partial charge in [0.1, 0.15) is 0 Å². The maximum atomic E-state index is 3.91. The molecule has 21 heavy (non-hydrogen) atoms. The van der Waals surface area contributed by atoms with Crippen molar-refractivity contribution in [1.29, 1.82) is 0 Å². The van der Waals surface area contributed by atoms with E-state index in [0.717, 1.165) is 12.0 Å². The van der Waals surface area contributed by atoms with Gasteiger partial charge in [-0.25, -0.2) is 0 Å². The van der Waals surface area contributed by atoms with Crippen molar-refractivity contribution in [2.45, 2.75) is 97.6 Å². The first kappa shape index (κ1) is 19.0. The Bertz CT molecular complexity index is 238. The average molecular weight is 297 g/mol. The molecule has 0 spiro atoms. The van der Waals surface area contributed by atoms with Gasteiger partial charge < -0.3 is 10.2 Å². The molecule has 0 aromatic rings. The second kappa shape index (κ2) is 11.5. The van der Waals surface area contributed by atoms with E-state index in [1.54, 1.807) is 0 Å². The van der Waals surface area contributed by atoms with Crippen molar-refractivity contribution in [3.63, 3.8) is 0 Å². The molecule has 0 amide bonds. The van der Waals surface area contributed by atoms with E-state index in [1.807, 2.05) is 0 Å². The van der Waals surface area contributed by atoms with Crippen LogP contribution in [0.25, 0.3) is 0 Å². The number of hydrogen-bond donors (Lipinski definition) is 1. The lowest BCUT2D eigenvalue weighted by atomic mass is 9.95. The molecule has 0 aromatic carbocycles. The second-order valence-electron chi connectivity index (χ2n) is 7.10. The lowest BCUT2D eigenvalue weighted by molar-refractivity contribution is 0.286. The van der Waals surface area contributed by atoms with Gasteiger partial charge in [0.2, 0.25) is 0 Å². The van der Waals surface area contributed by atoms with Crippen LogP contribution in [0.3, 0.4) is 0 Å². The predicted molar refractivity (Wildman–Crippen MR) is 94.9 cm³/mol. The van der Waals surface area contributed by atoms with Crippen molar-refractivity contribution < 1.29 is 0 Å². The molecule has 0 aliphatic heterocycles. The van der Waals surface area contributed by atoms with Gasteiger partial charge in [0.25, 0.3) is 0 Å². The fourth-order valence-corrected chi connectivity index (χ4v) is 3.89. The van der Waals surface area contributed by atoms with E-state index in [-0.39, 0.29) is 0 Å². The molecule has 1 saturated carbocycles. The Kier molecular flexibility index (Phi) is 10.4. The van der Waals surface area contributed by atoms with Crippen molar-refractivity contribution in [2.24, 2.45) is 5.92 Å². The molecule has 3 unspecified atom stereocenters. The highest BCUT2D eigenvalue weighted by molar-refractivity contribution is 4.77. The minimum Gasteiger partial charge on any atom is -0.312 e. The molecular formula is C19H40N2. The van der Waals surface area contributed by atoms with Gasteiger partial charge >= 0.3 is 0 Å². The van der Waals surface area contributed by atoms with E-state index in [2.05, 4.69) is 37.9 Å². The van der Waals surface area contributed by atoms with Gasteiger partial charge in [0.15, 0.2) is 0 Å². The zero-order valence-electron chi connectivity index (χ0n) is 15.2. The lowest BCUT2D eigenvalue weighted by Crippen LogP contribution is -2.36. The molecule has 126 valence electrons. The summed E-state index contributed by atoms with van der Waals surface area (Å²) in [6, 6.07) is 1.48. The first-order valence-electron chi connectivity index (χ1n) is 9.67. The van der Waals surface area contributed by atoms with Gasteiger partial charge in [-0.05, 0) is 64.6 Å². The first-order chi connectivity index (χ1) is 10.2. The number of nitrogens with one attached hydrogen (secondary N) is 1. The third kappa shape index (κ3) is 8.21. The smallest absolute Gasteiger partial charge is 0.00696 e. The van der Waals surface area contributed by atoms with E-state index in [9.17, 15) is 0 Å². The third-order valence-electron chi connectivity index (χ3n) is 5.31. The molecule has 0 heterocycles. The summed E-state index contributed by atoms with van der Waals surface area (Å²) in [5.74, 6) is 1.01. The molecule has 0 bridgehead atoms. The van der Waals surface area contributed by atoms with Crippen LogP contribution < -0.4 is 5.32 Å². The van der Waals surface area contributed by atoms with Gasteiger partial charge in [-0.1, -0.05) is 46.5 Å². The Morgan fingerprint density at radius 1 is 1.05 bits per heavy atom. The zero-order valence-corrected chi connectivity index (χ0v) is 15.2. The second-order valence-corrected chi connectivity index (χ2v) is 7.10. The minimum absolute atomic E-state index is 0.688. The fourth-order valence-electron chi connectivity index (χ4n) is 3.89. The monoisotopic (exact) mass is 296 g/mol. The fraction of sp³-hybridized carbons (Fsp3) is 1.00. The highest BCUT2D eigenvalue weighted by Crippen LogP contribution is 2.27. The molecule has 3 atom stereocenters. The number of hydrogen-bond acceptors (Lipinski definition) is 2. The summed E-state index contributed by atoms with van der Waals surface area (Å²) < 4.78 is 0. The van der Waals surface area contributed by atoms with Gasteiger partial charge in [0, 0.05) is 12.1 Å². The summed E-state index contributed by atoms with van der Waals surface area (Å²) in [5.41, 5.74) is 0. The summed E-state index contributed by atoms with van der Waals surface area (Å²) in [7, 11) is 0. The van der Waals surface area contributed by atoms with Crippen LogP contribution in [0.1, 0.15) is 85.5 Å². The number of nitrogens with zero attached hydrogens (tertiary/aromatic N) is 1. The van der Waals surface area contributed by atoms with E-state index >= 15 is 0 Å². The third-order valence-corrected chi connectivity index (χ3v) is 5.31. The molecule has 2 heteroatoms. The summed E-state index contributed by atoms with van der Waals surface area (Å²) in [6.45, 7) is 12.9. The van der Waals surface area contributed by atoms with E-state index in [4.69, 9.17) is 0 Å². The van der Waals surface area contributed by atoms with E-state index in [1.165, 1.54) is 77.4 Å². The van der Waals surface area contributed by atoms with Crippen LogP contribution in [0.5, 0.6) is 0 Å². The topological polar surface area (TPSA) is 15.3 Å². The van der Waals surface area contributed by atoms with E-state index in [0.29, 0.717) is 6.04 Å². The molecule has 0 aromatic heterocycles. The first-order valence-corrected chi connectivity index (χ1v) is 9.67. The highest BCUT2D eigenvalue weighted by Gasteiger charge is 2.19. The Morgan fingerprint density at radius 3 is 2.48 bits per heavy atom. The molecule has 0 radical (unpaired) electrons. The Morgan fingerprint density at radius 2 is 1.81 bits per heavy atom. The standard InChI is InChI=1S/C19H40N2/c1-5-10-18-12-8-13-19(15-14-18)20-17(4)11-9-16-21(6-2)7-3/h17-20H,5-16H2,1-4H3. The van der Waals surface area contributed by atoms with Crippen LogP contribution in [0.4, 0.5) is 0 Å². The maximum Gasteiger partial charge on any atom is 0.00696 e. The van der Waals surface area contributed by atoms with Gasteiger partial charge in [-0.2, -0.15) is 0 Å². The van der Waals surface area contributed by atoms with Crippen molar-refractivity contribution in [3.8, 4) is 0 Å². The van der Waals surface area contributed by atoms with Crippen LogP contribution >= 0.6 is 0 Å². The molecule has 1 aliphatic rings. The van der Waals surface area contributed by atoms with Crippen molar-refractivity contribution >= 4 is 0 Å². The molecule has 0 saturated heterocycles. The SMILES string of the molecule is CCCC1CCCC(NC(C)CCCN(CC)CC)CC1. The van der Waals surface area contributed by atoms with E-state index < -0.39 is 0 Å². The molecular weight excluding hydrogens is 256 g/mol. The largest absolute Gasteiger partial charge is 0.312 e. The van der Waals surface area contributed by atoms with Crippen molar-refractivity contribution in [3.05, 3.63) is 0 Å². The zero-order chi connectivity index (χ0) is 15.5. The quantitative estimate of drug-likeness (QED) is 0.581. The van der Waals surface area contributed by atoms with Gasteiger partial charge in [0.05, 0.1) is 0 Å². The average Bonchev–Trinajstić information content (AvgIpc) is 2.70. The summed E-state index contributed by atoms with van der Waals surface area (Å²) in [6.07, 6.45) is 12.7. The predicted octanol–water partition coefficient (Wildman–Crippen LogP) is 4.84. The molecule has 1 fully saturated rings. The van der Waals surface area contributed by atoms with Crippen molar-refractivity contribution in [2.75, 3.05) is 19.6 Å². The number of rotatable bonds is 10. The maximum absolute atomic E-state index is 3.91. The molecule has 1 aliphatic carbocycles. The van der Waals surface area contributed by atoms with Crippen LogP contribution in [-0.4, -0.2) is 36.6 Å². The molecule has 1 rings (SSSR count). The summed E-state index contributed by atoms with van der Waals surface area (Å²) in [4.78, 5) is 2.54. The Balaban J connectivity index is 2.17. The van der Waals surface area contributed by atoms with Gasteiger partial charge in [-0.3, -0.25) is 0 Å². The highest BCUT2D eigenvalue weighted by atomic mass is 15.1. The molecule has 2 nitrogen and oxygen atoms in total. The van der Waals surface area contributed by atoms with Crippen LogP contribution in [0.15, 0.2) is 0 Å². The Labute approximate surface area is 134 Å². The molecule has 1 N–H and O–H groups in total. The van der Waals surface area contributed by atoms with Crippen LogP contribution in [-0.2, 0) is 0 Å². The summed E-state index contributed by atoms with van der Waals surface area (Å²) in [5, 5.41) is 3.91. The van der Waals surface area contributed by atoms with Crippen molar-refractivity contribution in [1.82, 2.24) is 10.2 Å². The summed E-state index contributed by atoms with van der Waals surface area (Å²) >= 11 is 0.